The van der Waals surface area contributed by atoms with Crippen molar-refractivity contribution in [3.8, 4) is 0 Å². The summed E-state index contributed by atoms with van der Waals surface area (Å²) in [6, 6.07) is 5.94. The largest absolute Gasteiger partial charge is 0.459 e. The molecule has 0 saturated carbocycles. The van der Waals surface area contributed by atoms with E-state index in [0.29, 0.717) is 6.54 Å². The quantitative estimate of drug-likeness (QED) is 0.738. The van der Waals surface area contributed by atoms with Gasteiger partial charge >= 0.3 is 0 Å². The van der Waals surface area contributed by atoms with Crippen LogP contribution in [0.1, 0.15) is 23.3 Å². The average Bonchev–Trinajstić information content (AvgIpc) is 2.77. The Balaban J connectivity index is 2.28. The maximum atomic E-state index is 12.6. The number of fused-ring (bicyclic) bond motifs is 3. The maximum absolute atomic E-state index is 12.6. The van der Waals surface area contributed by atoms with Gasteiger partial charge in [0.25, 0.3) is 5.56 Å². The molecule has 0 N–H and O–H groups in total. The lowest BCUT2D eigenvalue weighted by molar-refractivity contribution is 0.386. The minimum Gasteiger partial charge on any atom is -0.459 e. The Morgan fingerprint density at radius 2 is 1.83 bits per heavy atom. The van der Waals surface area contributed by atoms with Gasteiger partial charge in [0, 0.05) is 23.4 Å². The highest BCUT2D eigenvalue weighted by Gasteiger charge is 2.15. The minimum absolute atomic E-state index is 0.0490. The van der Waals surface area contributed by atoms with Gasteiger partial charge in [-0.2, -0.15) is 0 Å². The van der Waals surface area contributed by atoms with Gasteiger partial charge in [-0.15, -0.1) is 0 Å². The molecule has 1 aromatic carbocycles. The van der Waals surface area contributed by atoms with Crippen LogP contribution in [0, 0.1) is 20.8 Å². The van der Waals surface area contributed by atoms with Crippen LogP contribution in [0.4, 0.5) is 0 Å². The van der Waals surface area contributed by atoms with Crippen LogP contribution >= 0.6 is 0 Å². The molecular formula is C19H24N2O2. The topological polar surface area (TPSA) is 38.4 Å². The van der Waals surface area contributed by atoms with E-state index in [1.54, 1.807) is 6.07 Å². The van der Waals surface area contributed by atoms with Crippen molar-refractivity contribution in [2.75, 3.05) is 20.6 Å². The maximum Gasteiger partial charge on any atom is 0.251 e. The second kappa shape index (κ2) is 5.85. The number of furan rings is 1. The molecule has 23 heavy (non-hydrogen) atoms. The molecule has 0 fully saturated rings. The molecule has 0 aliphatic carbocycles. The molecule has 2 heterocycles. The van der Waals surface area contributed by atoms with Crippen LogP contribution in [0.3, 0.4) is 0 Å². The Labute approximate surface area is 136 Å². The number of pyridine rings is 1. The van der Waals surface area contributed by atoms with Crippen molar-refractivity contribution in [2.24, 2.45) is 0 Å². The second-order valence-electron chi connectivity index (χ2n) is 6.60. The van der Waals surface area contributed by atoms with E-state index < -0.39 is 0 Å². The van der Waals surface area contributed by atoms with E-state index in [1.165, 1.54) is 0 Å². The number of aromatic nitrogens is 1. The first-order valence-electron chi connectivity index (χ1n) is 8.07. The van der Waals surface area contributed by atoms with Crippen molar-refractivity contribution >= 4 is 21.9 Å². The van der Waals surface area contributed by atoms with Gasteiger partial charge in [0.15, 0.2) is 5.58 Å². The standard InChI is InChI=1S/C19H24N2O2/c1-12-11-17(22)21(10-6-9-20(4)5)18-15(12)7-8-16-13(2)14(3)23-19(16)18/h7-8,11H,6,9-10H2,1-5H3. The van der Waals surface area contributed by atoms with Crippen LogP contribution in [-0.2, 0) is 6.54 Å². The highest BCUT2D eigenvalue weighted by Crippen LogP contribution is 2.32. The summed E-state index contributed by atoms with van der Waals surface area (Å²) in [5.41, 5.74) is 3.97. The van der Waals surface area contributed by atoms with E-state index in [-0.39, 0.29) is 5.56 Å². The molecule has 0 aliphatic heterocycles. The fraction of sp³-hybridized carbons (Fsp3) is 0.421. The van der Waals surface area contributed by atoms with Crippen LogP contribution in [-0.4, -0.2) is 30.1 Å². The van der Waals surface area contributed by atoms with E-state index in [9.17, 15) is 4.79 Å². The van der Waals surface area contributed by atoms with Crippen LogP contribution in [0.2, 0.25) is 0 Å². The van der Waals surface area contributed by atoms with Gasteiger partial charge in [0.1, 0.15) is 5.76 Å². The number of rotatable bonds is 4. The summed E-state index contributed by atoms with van der Waals surface area (Å²) in [6.45, 7) is 7.69. The molecule has 4 heteroatoms. The van der Waals surface area contributed by atoms with Crippen LogP contribution in [0.5, 0.6) is 0 Å². The van der Waals surface area contributed by atoms with Crippen molar-refractivity contribution in [3.63, 3.8) is 0 Å². The molecule has 0 aliphatic rings. The molecule has 3 rings (SSSR count). The summed E-state index contributed by atoms with van der Waals surface area (Å²) in [5.74, 6) is 0.918. The van der Waals surface area contributed by atoms with Crippen LogP contribution in [0.15, 0.2) is 27.4 Å². The first-order valence-corrected chi connectivity index (χ1v) is 8.07. The molecular weight excluding hydrogens is 288 g/mol. The van der Waals surface area contributed by atoms with Crippen molar-refractivity contribution in [3.05, 3.63) is 45.4 Å². The number of benzene rings is 1. The molecule has 0 atom stereocenters. The van der Waals surface area contributed by atoms with Crippen molar-refractivity contribution < 1.29 is 4.42 Å². The second-order valence-corrected chi connectivity index (χ2v) is 6.60. The van der Waals surface area contributed by atoms with Gasteiger partial charge in [-0.1, -0.05) is 12.1 Å². The predicted molar refractivity (Wildman–Crippen MR) is 95.4 cm³/mol. The molecule has 0 saturated heterocycles. The monoisotopic (exact) mass is 312 g/mol. The Morgan fingerprint density at radius 3 is 2.52 bits per heavy atom. The van der Waals surface area contributed by atoms with E-state index in [1.807, 2.05) is 32.5 Å². The summed E-state index contributed by atoms with van der Waals surface area (Å²) in [6.07, 6.45) is 0.931. The normalized spacial score (nSPS) is 11.9. The lowest BCUT2D eigenvalue weighted by Crippen LogP contribution is -2.23. The number of hydrogen-bond acceptors (Lipinski definition) is 3. The molecule has 0 bridgehead atoms. The zero-order chi connectivity index (χ0) is 16.7. The molecule has 0 unspecified atom stereocenters. The number of hydrogen-bond donors (Lipinski definition) is 0. The van der Waals surface area contributed by atoms with Gasteiger partial charge in [0.2, 0.25) is 0 Å². The zero-order valence-corrected chi connectivity index (χ0v) is 14.6. The molecule has 3 aromatic rings. The third-order valence-electron chi connectivity index (χ3n) is 4.61. The Hall–Kier alpha value is -2.07. The van der Waals surface area contributed by atoms with E-state index in [2.05, 4.69) is 24.0 Å². The molecule has 0 radical (unpaired) electrons. The highest BCUT2D eigenvalue weighted by molar-refractivity contribution is 6.04. The third kappa shape index (κ3) is 2.68. The minimum atomic E-state index is 0.0490. The average molecular weight is 312 g/mol. The third-order valence-corrected chi connectivity index (χ3v) is 4.61. The first kappa shape index (κ1) is 15.8. The summed E-state index contributed by atoms with van der Waals surface area (Å²) < 4.78 is 7.89. The van der Waals surface area contributed by atoms with E-state index in [0.717, 1.165) is 51.7 Å². The predicted octanol–water partition coefficient (Wildman–Crippen LogP) is 3.62. The fourth-order valence-corrected chi connectivity index (χ4v) is 3.19. The smallest absolute Gasteiger partial charge is 0.251 e. The number of aryl methyl sites for hydroxylation is 4. The Bertz CT molecular complexity index is 932. The Kier molecular flexibility index (Phi) is 4.02. The highest BCUT2D eigenvalue weighted by atomic mass is 16.3. The first-order chi connectivity index (χ1) is 10.9. The van der Waals surface area contributed by atoms with Crippen molar-refractivity contribution in [2.45, 2.75) is 33.7 Å². The van der Waals surface area contributed by atoms with E-state index >= 15 is 0 Å². The fourth-order valence-electron chi connectivity index (χ4n) is 3.19. The van der Waals surface area contributed by atoms with Gasteiger partial charge in [-0.3, -0.25) is 4.79 Å². The van der Waals surface area contributed by atoms with Crippen LogP contribution < -0.4 is 5.56 Å². The molecule has 122 valence electrons. The van der Waals surface area contributed by atoms with Gasteiger partial charge < -0.3 is 13.9 Å². The molecule has 0 amide bonds. The zero-order valence-electron chi connectivity index (χ0n) is 14.6. The van der Waals surface area contributed by atoms with E-state index in [4.69, 9.17) is 4.42 Å². The lowest BCUT2D eigenvalue weighted by atomic mass is 10.1. The molecule has 4 nitrogen and oxygen atoms in total. The summed E-state index contributed by atoms with van der Waals surface area (Å²) in [5, 5.41) is 2.19. The molecule has 2 aromatic heterocycles. The van der Waals surface area contributed by atoms with Gasteiger partial charge in [-0.25, -0.2) is 0 Å². The SMILES string of the molecule is Cc1oc2c(ccc3c(C)cc(=O)n(CCCN(C)C)c32)c1C. The number of nitrogens with zero attached hydrogens (tertiary/aromatic N) is 2. The molecule has 0 spiro atoms. The van der Waals surface area contributed by atoms with Crippen molar-refractivity contribution in [1.29, 1.82) is 0 Å². The summed E-state index contributed by atoms with van der Waals surface area (Å²) in [7, 11) is 4.10. The Morgan fingerprint density at radius 1 is 1.13 bits per heavy atom. The lowest BCUT2D eigenvalue weighted by Gasteiger charge is -2.14. The van der Waals surface area contributed by atoms with Crippen molar-refractivity contribution in [1.82, 2.24) is 9.47 Å². The summed E-state index contributed by atoms with van der Waals surface area (Å²) in [4.78, 5) is 14.7. The van der Waals surface area contributed by atoms with Gasteiger partial charge in [0.05, 0.1) is 5.52 Å². The van der Waals surface area contributed by atoms with Gasteiger partial charge in [-0.05, 0) is 59.0 Å². The summed E-state index contributed by atoms with van der Waals surface area (Å²) >= 11 is 0. The van der Waals surface area contributed by atoms with Crippen LogP contribution in [0.25, 0.3) is 21.9 Å².